The molecule has 0 fully saturated rings. The third kappa shape index (κ3) is 1.75. The van der Waals surface area contributed by atoms with E-state index in [2.05, 4.69) is 15.3 Å². The molecule has 0 radical (unpaired) electrons. The summed E-state index contributed by atoms with van der Waals surface area (Å²) in [6.07, 6.45) is 1.92. The molecule has 0 spiro atoms. The average Bonchev–Trinajstić information content (AvgIpc) is 2.27. The number of nitrogens with one attached hydrogen (secondary N) is 1. The van der Waals surface area contributed by atoms with Crippen LogP contribution in [-0.2, 0) is 13.0 Å². The lowest BCUT2D eigenvalue weighted by atomic mass is 10.1. The second-order valence-electron chi connectivity index (χ2n) is 3.38. The lowest BCUT2D eigenvalue weighted by Gasteiger charge is -2.17. The van der Waals surface area contributed by atoms with Crippen molar-refractivity contribution in [2.45, 2.75) is 19.1 Å². The monoisotopic (exact) mass is 194 g/mol. The first-order chi connectivity index (χ1) is 6.81. The molecule has 0 aromatic carbocycles. The number of aliphatic hydroxyl groups is 1. The van der Waals surface area contributed by atoms with E-state index in [0.29, 0.717) is 5.82 Å². The summed E-state index contributed by atoms with van der Waals surface area (Å²) < 4.78 is 0. The summed E-state index contributed by atoms with van der Waals surface area (Å²) in [6.45, 7) is 1.91. The Morgan fingerprint density at radius 2 is 2.50 bits per heavy atom. The number of rotatable bonds is 2. The smallest absolute Gasteiger partial charge is 0.158 e. The maximum atomic E-state index is 9.47. The first kappa shape index (κ1) is 9.51. The fourth-order valence-corrected chi connectivity index (χ4v) is 1.52. The van der Waals surface area contributed by atoms with Gasteiger partial charge in [0.2, 0.25) is 0 Å². The SMILES string of the molecule is NCC(O)c1ncc2c(n1)CCNC2. The van der Waals surface area contributed by atoms with E-state index < -0.39 is 6.10 Å². The molecule has 1 unspecified atom stereocenters. The number of aromatic nitrogens is 2. The van der Waals surface area contributed by atoms with Gasteiger partial charge in [-0.2, -0.15) is 0 Å². The Bertz CT molecular complexity index is 329. The molecule has 1 aliphatic heterocycles. The summed E-state index contributed by atoms with van der Waals surface area (Å²) in [5, 5.41) is 12.7. The van der Waals surface area contributed by atoms with Crippen LogP contribution >= 0.6 is 0 Å². The first-order valence-electron chi connectivity index (χ1n) is 4.75. The second kappa shape index (κ2) is 4.00. The highest BCUT2D eigenvalue weighted by Crippen LogP contribution is 2.13. The van der Waals surface area contributed by atoms with Crippen LogP contribution in [0.4, 0.5) is 0 Å². The van der Waals surface area contributed by atoms with E-state index in [0.717, 1.165) is 30.8 Å². The topological polar surface area (TPSA) is 84.1 Å². The van der Waals surface area contributed by atoms with Crippen molar-refractivity contribution in [2.75, 3.05) is 13.1 Å². The second-order valence-corrected chi connectivity index (χ2v) is 3.38. The summed E-state index contributed by atoms with van der Waals surface area (Å²) in [7, 11) is 0. The predicted molar refractivity (Wildman–Crippen MR) is 51.5 cm³/mol. The Kier molecular flexibility index (Phi) is 2.72. The minimum Gasteiger partial charge on any atom is -0.384 e. The Morgan fingerprint density at radius 1 is 1.64 bits per heavy atom. The van der Waals surface area contributed by atoms with Gasteiger partial charge in [0, 0.05) is 43.5 Å². The molecule has 5 nitrogen and oxygen atoms in total. The van der Waals surface area contributed by atoms with Crippen molar-refractivity contribution >= 4 is 0 Å². The standard InChI is InChI=1S/C9H14N4O/c10-3-8(14)9-12-5-6-4-11-2-1-7(6)13-9/h5,8,11,14H,1-4,10H2. The van der Waals surface area contributed by atoms with Gasteiger partial charge < -0.3 is 16.2 Å². The van der Waals surface area contributed by atoms with Crippen LogP contribution < -0.4 is 11.1 Å². The normalized spacial score (nSPS) is 17.6. The van der Waals surface area contributed by atoms with Crippen LogP contribution in [0.1, 0.15) is 23.2 Å². The molecule has 1 aliphatic rings. The van der Waals surface area contributed by atoms with Crippen LogP contribution in [0.25, 0.3) is 0 Å². The zero-order valence-corrected chi connectivity index (χ0v) is 7.90. The van der Waals surface area contributed by atoms with Crippen molar-refractivity contribution in [3.05, 3.63) is 23.3 Å². The van der Waals surface area contributed by atoms with Crippen molar-refractivity contribution in [2.24, 2.45) is 5.73 Å². The van der Waals surface area contributed by atoms with Gasteiger partial charge in [-0.15, -0.1) is 0 Å². The Labute approximate surface area is 82.4 Å². The molecule has 4 N–H and O–H groups in total. The number of nitrogens with two attached hydrogens (primary N) is 1. The van der Waals surface area contributed by atoms with Gasteiger partial charge in [-0.25, -0.2) is 9.97 Å². The van der Waals surface area contributed by atoms with E-state index >= 15 is 0 Å². The largest absolute Gasteiger partial charge is 0.384 e. The summed E-state index contributed by atoms with van der Waals surface area (Å²) >= 11 is 0. The molecule has 2 rings (SSSR count). The van der Waals surface area contributed by atoms with Crippen molar-refractivity contribution in [1.82, 2.24) is 15.3 Å². The molecule has 0 saturated carbocycles. The van der Waals surface area contributed by atoms with Gasteiger partial charge >= 0.3 is 0 Å². The van der Waals surface area contributed by atoms with Gasteiger partial charge in [-0.1, -0.05) is 0 Å². The number of aliphatic hydroxyl groups excluding tert-OH is 1. The molecular weight excluding hydrogens is 180 g/mol. The summed E-state index contributed by atoms with van der Waals surface area (Å²) in [6, 6.07) is 0. The first-order valence-corrected chi connectivity index (χ1v) is 4.75. The lowest BCUT2D eigenvalue weighted by Crippen LogP contribution is -2.26. The van der Waals surface area contributed by atoms with Crippen molar-refractivity contribution in [3.63, 3.8) is 0 Å². The molecule has 0 amide bonds. The van der Waals surface area contributed by atoms with Gasteiger partial charge in [-0.3, -0.25) is 0 Å². The van der Waals surface area contributed by atoms with Gasteiger partial charge in [0.05, 0.1) is 0 Å². The van der Waals surface area contributed by atoms with E-state index in [1.54, 1.807) is 6.20 Å². The van der Waals surface area contributed by atoms with E-state index in [4.69, 9.17) is 5.73 Å². The average molecular weight is 194 g/mol. The molecule has 76 valence electrons. The Balaban J connectivity index is 2.29. The Hall–Kier alpha value is -1.04. The fourth-order valence-electron chi connectivity index (χ4n) is 1.52. The summed E-state index contributed by atoms with van der Waals surface area (Å²) in [5.74, 6) is 0.438. The fraction of sp³-hybridized carbons (Fsp3) is 0.556. The zero-order valence-electron chi connectivity index (χ0n) is 7.90. The predicted octanol–water partition coefficient (Wildman–Crippen LogP) is -0.886. The molecule has 1 aromatic rings. The van der Waals surface area contributed by atoms with Crippen LogP contribution in [0.15, 0.2) is 6.20 Å². The van der Waals surface area contributed by atoms with Crippen LogP contribution in [-0.4, -0.2) is 28.2 Å². The van der Waals surface area contributed by atoms with Crippen LogP contribution in [0.5, 0.6) is 0 Å². The number of hydrogen-bond donors (Lipinski definition) is 3. The summed E-state index contributed by atoms with van der Waals surface area (Å²) in [4.78, 5) is 8.38. The molecule has 2 heterocycles. The van der Waals surface area contributed by atoms with Crippen molar-refractivity contribution in [3.8, 4) is 0 Å². The third-order valence-corrected chi connectivity index (χ3v) is 2.35. The molecule has 0 bridgehead atoms. The molecule has 0 aliphatic carbocycles. The highest BCUT2D eigenvalue weighted by molar-refractivity contribution is 5.20. The highest BCUT2D eigenvalue weighted by atomic mass is 16.3. The quantitative estimate of drug-likeness (QED) is 0.569. The van der Waals surface area contributed by atoms with Crippen LogP contribution in [0.2, 0.25) is 0 Å². The lowest BCUT2D eigenvalue weighted by molar-refractivity contribution is 0.176. The zero-order chi connectivity index (χ0) is 9.97. The molecule has 1 aromatic heterocycles. The molecule has 0 saturated heterocycles. The number of fused-ring (bicyclic) bond motifs is 1. The minimum atomic E-state index is -0.741. The third-order valence-electron chi connectivity index (χ3n) is 2.35. The van der Waals surface area contributed by atoms with E-state index in [1.165, 1.54) is 0 Å². The van der Waals surface area contributed by atoms with Gasteiger partial charge in [0.1, 0.15) is 6.10 Å². The van der Waals surface area contributed by atoms with Crippen LogP contribution in [0.3, 0.4) is 0 Å². The highest BCUT2D eigenvalue weighted by Gasteiger charge is 2.14. The maximum Gasteiger partial charge on any atom is 0.158 e. The van der Waals surface area contributed by atoms with Gasteiger partial charge in [-0.05, 0) is 0 Å². The van der Waals surface area contributed by atoms with Crippen molar-refractivity contribution < 1.29 is 5.11 Å². The van der Waals surface area contributed by atoms with E-state index in [-0.39, 0.29) is 6.54 Å². The molecule has 5 heteroatoms. The van der Waals surface area contributed by atoms with Crippen molar-refractivity contribution in [1.29, 1.82) is 0 Å². The van der Waals surface area contributed by atoms with Gasteiger partial charge in [0.15, 0.2) is 5.82 Å². The van der Waals surface area contributed by atoms with E-state index in [1.807, 2.05) is 0 Å². The molecular formula is C9H14N4O. The maximum absolute atomic E-state index is 9.47. The minimum absolute atomic E-state index is 0.164. The number of nitrogens with zero attached hydrogens (tertiary/aromatic N) is 2. The Morgan fingerprint density at radius 3 is 3.29 bits per heavy atom. The molecule has 1 atom stereocenters. The molecule has 14 heavy (non-hydrogen) atoms. The van der Waals surface area contributed by atoms with Gasteiger partial charge in [0.25, 0.3) is 0 Å². The summed E-state index contributed by atoms with van der Waals surface area (Å²) in [5.41, 5.74) is 7.48. The number of hydrogen-bond acceptors (Lipinski definition) is 5. The van der Waals surface area contributed by atoms with E-state index in [9.17, 15) is 5.11 Å². The van der Waals surface area contributed by atoms with Crippen LogP contribution in [0, 0.1) is 0 Å².